The highest BCUT2D eigenvalue weighted by Crippen LogP contribution is 2.11. The predicted octanol–water partition coefficient (Wildman–Crippen LogP) is 2.55. The summed E-state index contributed by atoms with van der Waals surface area (Å²) in [5, 5.41) is 5.46. The fourth-order valence-corrected chi connectivity index (χ4v) is 1.33. The van der Waals surface area contributed by atoms with E-state index in [9.17, 15) is 13.2 Å². The van der Waals surface area contributed by atoms with E-state index in [1.54, 1.807) is 0 Å². The second kappa shape index (κ2) is 8.82. The minimum absolute atomic E-state index is 0.365. The molecular weight excluding hydrogens is 217 g/mol. The molecule has 0 unspecified atom stereocenters. The van der Waals surface area contributed by atoms with Crippen molar-refractivity contribution in [2.45, 2.75) is 39.3 Å². The van der Waals surface area contributed by atoms with Gasteiger partial charge in [-0.3, -0.25) is 0 Å². The lowest BCUT2D eigenvalue weighted by atomic mass is 10.1. The first-order valence-corrected chi connectivity index (χ1v) is 5.90. The van der Waals surface area contributed by atoms with Crippen LogP contribution in [0.25, 0.3) is 0 Å². The van der Waals surface area contributed by atoms with E-state index in [4.69, 9.17) is 0 Å². The van der Waals surface area contributed by atoms with Crippen LogP contribution in [-0.2, 0) is 0 Å². The van der Waals surface area contributed by atoms with Crippen molar-refractivity contribution >= 4 is 0 Å². The molecule has 0 rings (SSSR count). The van der Waals surface area contributed by atoms with Gasteiger partial charge in [0.25, 0.3) is 0 Å². The van der Waals surface area contributed by atoms with Crippen molar-refractivity contribution in [2.24, 2.45) is 5.92 Å². The first-order chi connectivity index (χ1) is 7.42. The third-order valence-corrected chi connectivity index (χ3v) is 2.19. The zero-order valence-electron chi connectivity index (χ0n) is 10.2. The molecule has 0 radical (unpaired) electrons. The van der Waals surface area contributed by atoms with Crippen LogP contribution < -0.4 is 10.6 Å². The van der Waals surface area contributed by atoms with E-state index >= 15 is 0 Å². The zero-order chi connectivity index (χ0) is 12.4. The Labute approximate surface area is 96.0 Å². The van der Waals surface area contributed by atoms with Crippen LogP contribution in [0.1, 0.15) is 33.1 Å². The van der Waals surface area contributed by atoms with Crippen LogP contribution >= 0.6 is 0 Å². The Bertz CT molecular complexity index is 158. The fourth-order valence-electron chi connectivity index (χ4n) is 1.33. The zero-order valence-corrected chi connectivity index (χ0v) is 10.2. The van der Waals surface area contributed by atoms with Crippen LogP contribution in [0.2, 0.25) is 0 Å². The summed E-state index contributed by atoms with van der Waals surface area (Å²) < 4.78 is 35.2. The van der Waals surface area contributed by atoms with Crippen molar-refractivity contribution in [3.05, 3.63) is 0 Å². The molecule has 98 valence electrons. The summed E-state index contributed by atoms with van der Waals surface area (Å²) >= 11 is 0. The molecule has 2 nitrogen and oxygen atoms in total. The Hall–Kier alpha value is -0.290. The Kier molecular flexibility index (Phi) is 8.66. The van der Waals surface area contributed by atoms with Crippen LogP contribution in [0.4, 0.5) is 13.2 Å². The molecule has 0 atom stereocenters. The number of alkyl halides is 3. The second-order valence-corrected chi connectivity index (χ2v) is 4.43. The van der Waals surface area contributed by atoms with Crippen molar-refractivity contribution in [1.29, 1.82) is 0 Å². The highest BCUT2D eigenvalue weighted by Gasteiger charge is 2.25. The van der Waals surface area contributed by atoms with Gasteiger partial charge in [-0.15, -0.1) is 0 Å². The van der Waals surface area contributed by atoms with E-state index in [0.717, 1.165) is 18.9 Å². The van der Waals surface area contributed by atoms with Gasteiger partial charge in [-0.2, -0.15) is 13.2 Å². The second-order valence-electron chi connectivity index (χ2n) is 4.43. The van der Waals surface area contributed by atoms with Crippen molar-refractivity contribution in [2.75, 3.05) is 26.2 Å². The maximum absolute atomic E-state index is 11.7. The summed E-state index contributed by atoms with van der Waals surface area (Å²) in [5.41, 5.74) is 0. The average Bonchev–Trinajstić information content (AvgIpc) is 2.13. The van der Waals surface area contributed by atoms with Crippen LogP contribution in [0.3, 0.4) is 0 Å². The van der Waals surface area contributed by atoms with E-state index in [0.29, 0.717) is 13.1 Å². The smallest absolute Gasteiger partial charge is 0.315 e. The molecule has 0 saturated heterocycles. The van der Waals surface area contributed by atoms with E-state index in [2.05, 4.69) is 24.5 Å². The van der Waals surface area contributed by atoms with Gasteiger partial charge in [0.05, 0.1) is 6.54 Å². The van der Waals surface area contributed by atoms with E-state index in [1.165, 1.54) is 12.8 Å². The standard InChI is InChI=1S/C11H23F3N2/c1-10(2)5-3-4-6-15-7-8-16-9-11(12,13)14/h10,15-16H,3-9H2,1-2H3. The van der Waals surface area contributed by atoms with Gasteiger partial charge in [0, 0.05) is 13.1 Å². The minimum Gasteiger partial charge on any atom is -0.315 e. The van der Waals surface area contributed by atoms with Gasteiger partial charge in [-0.1, -0.05) is 26.7 Å². The lowest BCUT2D eigenvalue weighted by molar-refractivity contribution is -0.124. The molecule has 2 N–H and O–H groups in total. The summed E-state index contributed by atoms with van der Waals surface area (Å²) in [6, 6.07) is 0. The lowest BCUT2D eigenvalue weighted by Crippen LogP contribution is -2.34. The largest absolute Gasteiger partial charge is 0.401 e. The van der Waals surface area contributed by atoms with E-state index < -0.39 is 12.7 Å². The summed E-state index contributed by atoms with van der Waals surface area (Å²) in [7, 11) is 0. The van der Waals surface area contributed by atoms with Gasteiger partial charge in [-0.25, -0.2) is 0 Å². The molecule has 0 aliphatic rings. The van der Waals surface area contributed by atoms with Crippen molar-refractivity contribution < 1.29 is 13.2 Å². The van der Waals surface area contributed by atoms with Gasteiger partial charge in [-0.05, 0) is 18.9 Å². The van der Waals surface area contributed by atoms with E-state index in [-0.39, 0.29) is 0 Å². The van der Waals surface area contributed by atoms with Gasteiger partial charge >= 0.3 is 6.18 Å². The van der Waals surface area contributed by atoms with Crippen LogP contribution in [0, 0.1) is 5.92 Å². The molecule has 0 fully saturated rings. The number of unbranched alkanes of at least 4 members (excludes halogenated alkanes) is 1. The first-order valence-electron chi connectivity index (χ1n) is 5.90. The Morgan fingerprint density at radius 3 is 2.12 bits per heavy atom. The summed E-state index contributed by atoms with van der Waals surface area (Å²) in [5.74, 6) is 0.730. The number of nitrogens with one attached hydrogen (secondary N) is 2. The molecule has 0 aliphatic carbocycles. The van der Waals surface area contributed by atoms with Crippen LogP contribution in [0.5, 0.6) is 0 Å². The fraction of sp³-hybridized carbons (Fsp3) is 1.00. The first kappa shape index (κ1) is 15.7. The average molecular weight is 240 g/mol. The molecule has 0 bridgehead atoms. The highest BCUT2D eigenvalue weighted by atomic mass is 19.4. The molecule has 0 aliphatic heterocycles. The van der Waals surface area contributed by atoms with Crippen LogP contribution in [0.15, 0.2) is 0 Å². The monoisotopic (exact) mass is 240 g/mol. The molecule has 0 aromatic rings. The molecule has 0 heterocycles. The third kappa shape index (κ3) is 13.7. The van der Waals surface area contributed by atoms with E-state index in [1.807, 2.05) is 0 Å². The van der Waals surface area contributed by atoms with Gasteiger partial charge in [0.1, 0.15) is 0 Å². The SMILES string of the molecule is CC(C)CCCCNCCNCC(F)(F)F. The van der Waals surface area contributed by atoms with Gasteiger partial charge in [0.15, 0.2) is 0 Å². The molecule has 0 saturated carbocycles. The number of rotatable bonds is 9. The van der Waals surface area contributed by atoms with Gasteiger partial charge < -0.3 is 10.6 Å². The molecule has 16 heavy (non-hydrogen) atoms. The quantitative estimate of drug-likeness (QED) is 0.605. The normalized spacial score (nSPS) is 12.4. The maximum atomic E-state index is 11.7. The molecule has 5 heteroatoms. The highest BCUT2D eigenvalue weighted by molar-refractivity contribution is 4.57. The van der Waals surface area contributed by atoms with Crippen LogP contribution in [-0.4, -0.2) is 32.4 Å². The topological polar surface area (TPSA) is 24.1 Å². The molecule has 0 amide bonds. The number of hydrogen-bond acceptors (Lipinski definition) is 2. The third-order valence-electron chi connectivity index (χ3n) is 2.19. The maximum Gasteiger partial charge on any atom is 0.401 e. The molecule has 0 aromatic heterocycles. The molecule has 0 spiro atoms. The lowest BCUT2D eigenvalue weighted by Gasteiger charge is -2.09. The van der Waals surface area contributed by atoms with Gasteiger partial charge in [0.2, 0.25) is 0 Å². The Morgan fingerprint density at radius 2 is 1.56 bits per heavy atom. The predicted molar refractivity (Wildman–Crippen MR) is 60.5 cm³/mol. The van der Waals surface area contributed by atoms with Crippen molar-refractivity contribution in [1.82, 2.24) is 10.6 Å². The van der Waals surface area contributed by atoms with Crippen molar-refractivity contribution in [3.63, 3.8) is 0 Å². The Morgan fingerprint density at radius 1 is 0.938 bits per heavy atom. The summed E-state index contributed by atoms with van der Waals surface area (Å²) in [4.78, 5) is 0. The minimum atomic E-state index is -4.10. The Balaban J connectivity index is 3.05. The van der Waals surface area contributed by atoms with Crippen molar-refractivity contribution in [3.8, 4) is 0 Å². The molecular formula is C11H23F3N2. The summed E-state index contributed by atoms with van der Waals surface area (Å²) in [6.45, 7) is 5.33. The summed E-state index contributed by atoms with van der Waals surface area (Å²) in [6.07, 6.45) is -0.608. The number of hydrogen-bond donors (Lipinski definition) is 2. The molecule has 0 aromatic carbocycles. The number of halogens is 3.